The summed E-state index contributed by atoms with van der Waals surface area (Å²) in [6.07, 6.45) is 5.43. The molecule has 1 N–H and O–H groups in total. The fourth-order valence-corrected chi connectivity index (χ4v) is 7.00. The molecule has 0 bridgehead atoms. The zero-order valence-corrected chi connectivity index (χ0v) is 23.5. The van der Waals surface area contributed by atoms with Gasteiger partial charge in [0.15, 0.2) is 0 Å². The maximum absolute atomic E-state index is 12.9. The summed E-state index contributed by atoms with van der Waals surface area (Å²) in [5.41, 5.74) is 0.167. The Labute approximate surface area is 230 Å². The van der Waals surface area contributed by atoms with Crippen LogP contribution in [0.15, 0.2) is 59.5 Å². The second-order valence-corrected chi connectivity index (χ2v) is 11.3. The first-order chi connectivity index (χ1) is 15.5. The van der Waals surface area contributed by atoms with Crippen molar-refractivity contribution in [2.24, 2.45) is 0 Å². The molecule has 0 heterocycles. The third-order valence-electron chi connectivity index (χ3n) is 4.09. The topological polar surface area (TPSA) is 107 Å². The molecule has 0 radical (unpaired) electrons. The maximum Gasteiger partial charge on any atom is 0.344 e. The molecule has 0 saturated carbocycles. The van der Waals surface area contributed by atoms with Crippen LogP contribution < -0.4 is 9.47 Å². The monoisotopic (exact) mass is 800 g/mol. The van der Waals surface area contributed by atoms with E-state index in [2.05, 4.69) is 28.5 Å². The number of hydrogen-bond acceptors (Lipinski definition) is 6. The van der Waals surface area contributed by atoms with Gasteiger partial charge in [-0.15, -0.1) is 6.42 Å². The number of ether oxygens (including phenoxy) is 2. The number of hydrogen-bond donors (Lipinski definition) is 1. The van der Waals surface area contributed by atoms with Crippen LogP contribution in [0.3, 0.4) is 0 Å². The second kappa shape index (κ2) is 10.7. The molecule has 168 valence electrons. The lowest BCUT2D eigenvalue weighted by atomic mass is 10.0. The van der Waals surface area contributed by atoms with E-state index in [1.54, 1.807) is 69.4 Å². The van der Waals surface area contributed by atoms with E-state index in [1.165, 1.54) is 30.3 Å². The van der Waals surface area contributed by atoms with Gasteiger partial charge in [-0.05, 0) is 122 Å². The summed E-state index contributed by atoms with van der Waals surface area (Å²) in [6.45, 7) is 0. The number of carbonyl (C=O) groups excluding carboxylic acids is 2. The van der Waals surface area contributed by atoms with Crippen molar-refractivity contribution < 1.29 is 32.0 Å². The molecule has 33 heavy (non-hydrogen) atoms. The van der Waals surface area contributed by atoms with E-state index in [4.69, 9.17) is 15.9 Å². The molecular weight excluding hydrogens is 789 g/mol. The lowest BCUT2D eigenvalue weighted by Gasteiger charge is -2.12. The molecule has 0 aromatic heterocycles. The van der Waals surface area contributed by atoms with Crippen molar-refractivity contribution in [3.63, 3.8) is 0 Å². The van der Waals surface area contributed by atoms with Crippen molar-refractivity contribution in [3.8, 4) is 23.8 Å². The summed E-state index contributed by atoms with van der Waals surface area (Å²) in [4.78, 5) is 25.4. The summed E-state index contributed by atoms with van der Waals surface area (Å²) in [7, 11) is -4.46. The summed E-state index contributed by atoms with van der Waals surface area (Å²) in [6, 6.07) is 13.5. The fraction of sp³-hybridized carbons (Fsp3) is 0. The van der Waals surface area contributed by atoms with Crippen molar-refractivity contribution in [3.05, 3.63) is 82.0 Å². The minimum absolute atomic E-state index is 0.0178. The predicted molar refractivity (Wildman–Crippen MR) is 145 cm³/mol. The van der Waals surface area contributed by atoms with Crippen molar-refractivity contribution in [2.75, 3.05) is 0 Å². The van der Waals surface area contributed by atoms with Gasteiger partial charge in [-0.1, -0.05) is 5.92 Å². The Bertz CT molecular complexity index is 1390. The van der Waals surface area contributed by atoms with Gasteiger partial charge >= 0.3 is 11.9 Å². The number of benzene rings is 3. The molecule has 3 aromatic carbocycles. The van der Waals surface area contributed by atoms with Crippen LogP contribution in [-0.4, -0.2) is 24.9 Å². The summed E-state index contributed by atoms with van der Waals surface area (Å²) in [5, 5.41) is 0. The van der Waals surface area contributed by atoms with Gasteiger partial charge in [0.05, 0.1) is 11.1 Å². The lowest BCUT2D eigenvalue weighted by Crippen LogP contribution is -2.18. The molecule has 7 nitrogen and oxygen atoms in total. The van der Waals surface area contributed by atoms with Gasteiger partial charge < -0.3 is 9.47 Å². The molecule has 3 aromatic rings. The van der Waals surface area contributed by atoms with Crippen LogP contribution in [0.5, 0.6) is 11.5 Å². The Hall–Kier alpha value is -1.74. The number of carbonyl (C=O) groups is 2. The Kier molecular flexibility index (Phi) is 8.37. The summed E-state index contributed by atoms with van der Waals surface area (Å²) < 4.78 is 44.5. The average Bonchev–Trinajstić information content (AvgIpc) is 2.73. The molecule has 0 aliphatic carbocycles. The van der Waals surface area contributed by atoms with E-state index in [-0.39, 0.29) is 28.9 Å². The third kappa shape index (κ3) is 6.44. The molecule has 0 unspecified atom stereocenters. The van der Waals surface area contributed by atoms with Gasteiger partial charge in [0.2, 0.25) is 0 Å². The van der Waals surface area contributed by atoms with E-state index in [9.17, 15) is 22.6 Å². The SMILES string of the molecule is C#Cc1ccc(C(=O)Oc2ccc(I)cc2)c(C(=O)Oc2cc(I)c(S(=O)(=O)O)c(I)c2)c1. The highest BCUT2D eigenvalue weighted by molar-refractivity contribution is 14.1. The van der Waals surface area contributed by atoms with Gasteiger partial charge in [0.1, 0.15) is 16.4 Å². The van der Waals surface area contributed by atoms with Gasteiger partial charge in [-0.2, -0.15) is 8.42 Å². The van der Waals surface area contributed by atoms with E-state index in [1.807, 2.05) is 0 Å². The number of rotatable bonds is 5. The van der Waals surface area contributed by atoms with E-state index in [0.717, 1.165) is 3.57 Å². The molecular formula is C22H11I3O7S. The zero-order valence-electron chi connectivity index (χ0n) is 16.2. The first kappa shape index (κ1) is 25.9. The highest BCUT2D eigenvalue weighted by atomic mass is 127. The van der Waals surface area contributed by atoms with Crippen molar-refractivity contribution >= 4 is 89.8 Å². The largest absolute Gasteiger partial charge is 0.423 e. The Morgan fingerprint density at radius 3 is 1.91 bits per heavy atom. The second-order valence-electron chi connectivity index (χ2n) is 6.33. The molecule has 0 atom stereocenters. The number of esters is 2. The Morgan fingerprint density at radius 1 is 0.818 bits per heavy atom. The first-order valence-electron chi connectivity index (χ1n) is 8.76. The summed E-state index contributed by atoms with van der Waals surface area (Å²) in [5.74, 6) is 1.03. The van der Waals surface area contributed by atoms with Crippen molar-refractivity contribution in [2.45, 2.75) is 4.90 Å². The summed E-state index contributed by atoms with van der Waals surface area (Å²) >= 11 is 5.53. The van der Waals surface area contributed by atoms with Gasteiger partial charge in [0, 0.05) is 16.3 Å². The molecule has 0 aliphatic heterocycles. The molecule has 0 spiro atoms. The van der Waals surface area contributed by atoms with Crippen LogP contribution in [0.2, 0.25) is 0 Å². The molecule has 0 fully saturated rings. The highest BCUT2D eigenvalue weighted by Gasteiger charge is 2.24. The molecule has 0 amide bonds. The number of terminal acetylenes is 1. The van der Waals surface area contributed by atoms with Gasteiger partial charge in [-0.25, -0.2) is 9.59 Å². The van der Waals surface area contributed by atoms with Crippen molar-refractivity contribution in [1.82, 2.24) is 0 Å². The normalized spacial score (nSPS) is 10.9. The van der Waals surface area contributed by atoms with Crippen LogP contribution in [0.25, 0.3) is 0 Å². The van der Waals surface area contributed by atoms with Gasteiger partial charge in [-0.3, -0.25) is 4.55 Å². The van der Waals surface area contributed by atoms with Crippen LogP contribution >= 0.6 is 67.8 Å². The standard InChI is InChI=1S/C22H11I3O7S/c1-2-12-3-8-16(21(26)31-14-6-4-13(23)5-7-14)17(9-12)22(27)32-15-10-18(24)20(19(25)11-15)33(28,29)30/h1,3-11H,(H,28,29,30). The van der Waals surface area contributed by atoms with Crippen LogP contribution in [0, 0.1) is 23.1 Å². The van der Waals surface area contributed by atoms with Crippen molar-refractivity contribution in [1.29, 1.82) is 0 Å². The minimum Gasteiger partial charge on any atom is -0.423 e. The highest BCUT2D eigenvalue weighted by Crippen LogP contribution is 2.30. The van der Waals surface area contributed by atoms with E-state index >= 15 is 0 Å². The minimum atomic E-state index is -4.46. The van der Waals surface area contributed by atoms with E-state index < -0.39 is 22.1 Å². The average molecular weight is 800 g/mol. The zero-order chi connectivity index (χ0) is 24.3. The molecule has 11 heteroatoms. The molecule has 0 saturated heterocycles. The maximum atomic E-state index is 12.9. The Morgan fingerprint density at radius 2 is 1.36 bits per heavy atom. The van der Waals surface area contributed by atoms with Crippen LogP contribution in [0.1, 0.15) is 26.3 Å². The van der Waals surface area contributed by atoms with Gasteiger partial charge in [0.25, 0.3) is 10.1 Å². The van der Waals surface area contributed by atoms with Crippen LogP contribution in [0.4, 0.5) is 0 Å². The van der Waals surface area contributed by atoms with Crippen LogP contribution in [-0.2, 0) is 10.1 Å². The molecule has 0 aliphatic rings. The Balaban J connectivity index is 1.95. The number of halogens is 3. The first-order valence-corrected chi connectivity index (χ1v) is 13.4. The van der Waals surface area contributed by atoms with E-state index in [0.29, 0.717) is 11.3 Å². The quantitative estimate of drug-likeness (QED) is 0.125. The predicted octanol–water partition coefficient (Wildman–Crippen LogP) is 5.17. The smallest absolute Gasteiger partial charge is 0.344 e. The lowest BCUT2D eigenvalue weighted by molar-refractivity contribution is 0.0692. The molecule has 3 rings (SSSR count). The fourth-order valence-electron chi connectivity index (χ4n) is 2.65. The third-order valence-corrected chi connectivity index (χ3v) is 8.20.